The molecule has 0 aliphatic heterocycles. The standard InChI is InChI=1S/C8H14N2/c1-4-8(3)10-6-7(2)5-9-10/h5-6,8H,4H2,1-3H3. The van der Waals surface area contributed by atoms with Gasteiger partial charge in [0.1, 0.15) is 0 Å². The Morgan fingerprint density at radius 1 is 1.70 bits per heavy atom. The van der Waals surface area contributed by atoms with Gasteiger partial charge in [0.05, 0.1) is 6.20 Å². The van der Waals surface area contributed by atoms with Crippen LogP contribution in [0.5, 0.6) is 0 Å². The average molecular weight is 138 g/mol. The largest absolute Gasteiger partial charge is 0.270 e. The lowest BCUT2D eigenvalue weighted by molar-refractivity contribution is 0.477. The van der Waals surface area contributed by atoms with Crippen molar-refractivity contribution in [2.75, 3.05) is 0 Å². The molecule has 1 heterocycles. The summed E-state index contributed by atoms with van der Waals surface area (Å²) >= 11 is 0. The maximum atomic E-state index is 4.20. The third kappa shape index (κ3) is 1.38. The number of rotatable bonds is 2. The van der Waals surface area contributed by atoms with Crippen molar-refractivity contribution in [1.29, 1.82) is 0 Å². The minimum atomic E-state index is 0.536. The van der Waals surface area contributed by atoms with E-state index >= 15 is 0 Å². The fourth-order valence-electron chi connectivity index (χ4n) is 0.861. The van der Waals surface area contributed by atoms with E-state index < -0.39 is 0 Å². The van der Waals surface area contributed by atoms with E-state index in [-0.39, 0.29) is 0 Å². The second-order valence-corrected chi connectivity index (χ2v) is 2.75. The van der Waals surface area contributed by atoms with Crippen molar-refractivity contribution >= 4 is 0 Å². The fourth-order valence-corrected chi connectivity index (χ4v) is 0.861. The molecule has 0 aliphatic carbocycles. The normalized spacial score (nSPS) is 13.5. The van der Waals surface area contributed by atoms with Crippen LogP contribution in [-0.4, -0.2) is 9.78 Å². The molecule has 0 aliphatic rings. The maximum absolute atomic E-state index is 4.20. The van der Waals surface area contributed by atoms with Gasteiger partial charge in [0.15, 0.2) is 0 Å². The number of nitrogens with zero attached hydrogens (tertiary/aromatic N) is 2. The van der Waals surface area contributed by atoms with Crippen molar-refractivity contribution in [3.63, 3.8) is 0 Å². The topological polar surface area (TPSA) is 17.8 Å². The monoisotopic (exact) mass is 138 g/mol. The predicted octanol–water partition coefficient (Wildman–Crippen LogP) is 2.16. The first-order valence-corrected chi connectivity index (χ1v) is 3.74. The summed E-state index contributed by atoms with van der Waals surface area (Å²) in [4.78, 5) is 0. The molecule has 1 rings (SSSR count). The summed E-state index contributed by atoms with van der Waals surface area (Å²) < 4.78 is 2.01. The molecule has 0 saturated heterocycles. The van der Waals surface area contributed by atoms with Crippen LogP contribution in [0.15, 0.2) is 12.4 Å². The van der Waals surface area contributed by atoms with E-state index in [0.29, 0.717) is 6.04 Å². The minimum absolute atomic E-state index is 0.536. The van der Waals surface area contributed by atoms with Gasteiger partial charge < -0.3 is 0 Å². The Bertz CT molecular complexity index is 203. The molecule has 0 amide bonds. The predicted molar refractivity (Wildman–Crippen MR) is 42.0 cm³/mol. The molecule has 0 saturated carbocycles. The Morgan fingerprint density at radius 3 is 2.80 bits per heavy atom. The molecule has 0 N–H and O–H groups in total. The third-order valence-electron chi connectivity index (χ3n) is 1.77. The van der Waals surface area contributed by atoms with E-state index in [4.69, 9.17) is 0 Å². The van der Waals surface area contributed by atoms with Gasteiger partial charge in [-0.1, -0.05) is 6.92 Å². The molecule has 1 atom stereocenters. The van der Waals surface area contributed by atoms with Crippen LogP contribution in [0, 0.1) is 6.92 Å². The van der Waals surface area contributed by atoms with Crippen LogP contribution in [-0.2, 0) is 0 Å². The van der Waals surface area contributed by atoms with Crippen LogP contribution in [0.25, 0.3) is 0 Å². The van der Waals surface area contributed by atoms with Gasteiger partial charge in [-0.25, -0.2) is 0 Å². The van der Waals surface area contributed by atoms with Gasteiger partial charge >= 0.3 is 0 Å². The highest BCUT2D eigenvalue weighted by Crippen LogP contribution is 2.08. The SMILES string of the molecule is CCC(C)n1cc(C)cn1. The molecule has 1 aromatic rings. The lowest BCUT2D eigenvalue weighted by Crippen LogP contribution is -2.03. The van der Waals surface area contributed by atoms with E-state index in [9.17, 15) is 0 Å². The molecule has 2 nitrogen and oxygen atoms in total. The van der Waals surface area contributed by atoms with E-state index in [1.54, 1.807) is 0 Å². The average Bonchev–Trinajstić information content (AvgIpc) is 2.34. The smallest absolute Gasteiger partial charge is 0.0519 e. The van der Waals surface area contributed by atoms with Crippen molar-refractivity contribution in [2.45, 2.75) is 33.2 Å². The minimum Gasteiger partial charge on any atom is -0.270 e. The Morgan fingerprint density at radius 2 is 2.40 bits per heavy atom. The third-order valence-corrected chi connectivity index (χ3v) is 1.77. The zero-order valence-corrected chi connectivity index (χ0v) is 6.83. The number of aryl methyl sites for hydroxylation is 1. The van der Waals surface area contributed by atoms with E-state index in [0.717, 1.165) is 6.42 Å². The highest BCUT2D eigenvalue weighted by atomic mass is 15.3. The van der Waals surface area contributed by atoms with E-state index in [2.05, 4.69) is 32.1 Å². The summed E-state index contributed by atoms with van der Waals surface area (Å²) in [5.41, 5.74) is 1.24. The van der Waals surface area contributed by atoms with Gasteiger partial charge in [0, 0.05) is 12.2 Å². The molecular weight excluding hydrogens is 124 g/mol. The molecule has 0 fully saturated rings. The highest BCUT2D eigenvalue weighted by Gasteiger charge is 2.00. The molecule has 1 aromatic heterocycles. The highest BCUT2D eigenvalue weighted by molar-refractivity contribution is 4.99. The summed E-state index contributed by atoms with van der Waals surface area (Å²) in [5.74, 6) is 0. The molecule has 0 bridgehead atoms. The molecule has 0 radical (unpaired) electrons. The van der Waals surface area contributed by atoms with Crippen molar-refractivity contribution in [1.82, 2.24) is 9.78 Å². The summed E-state index contributed by atoms with van der Waals surface area (Å²) in [6.07, 6.45) is 5.11. The summed E-state index contributed by atoms with van der Waals surface area (Å²) in [5, 5.41) is 4.20. The van der Waals surface area contributed by atoms with Crippen molar-refractivity contribution in [3.8, 4) is 0 Å². The van der Waals surface area contributed by atoms with Crippen LogP contribution in [0.3, 0.4) is 0 Å². The Labute approximate surface area is 61.9 Å². The zero-order chi connectivity index (χ0) is 7.56. The molecule has 1 unspecified atom stereocenters. The Kier molecular flexibility index (Phi) is 2.10. The molecule has 2 heteroatoms. The van der Waals surface area contributed by atoms with Crippen LogP contribution >= 0.6 is 0 Å². The van der Waals surface area contributed by atoms with Gasteiger partial charge in [0.2, 0.25) is 0 Å². The van der Waals surface area contributed by atoms with Crippen molar-refractivity contribution in [3.05, 3.63) is 18.0 Å². The quantitative estimate of drug-likeness (QED) is 0.612. The molecular formula is C8H14N2. The van der Waals surface area contributed by atoms with E-state index in [1.807, 2.05) is 10.9 Å². The summed E-state index contributed by atoms with van der Waals surface area (Å²) in [6.45, 7) is 6.40. The molecule has 0 aromatic carbocycles. The molecule has 56 valence electrons. The van der Waals surface area contributed by atoms with Crippen LogP contribution < -0.4 is 0 Å². The molecule has 0 spiro atoms. The summed E-state index contributed by atoms with van der Waals surface area (Å²) in [6, 6.07) is 0.536. The van der Waals surface area contributed by atoms with Crippen molar-refractivity contribution < 1.29 is 0 Å². The molecule has 10 heavy (non-hydrogen) atoms. The van der Waals surface area contributed by atoms with Crippen LogP contribution in [0.4, 0.5) is 0 Å². The van der Waals surface area contributed by atoms with Crippen molar-refractivity contribution in [2.24, 2.45) is 0 Å². The van der Waals surface area contributed by atoms with Gasteiger partial charge in [-0.05, 0) is 25.8 Å². The first-order valence-electron chi connectivity index (χ1n) is 3.74. The van der Waals surface area contributed by atoms with Crippen LogP contribution in [0.2, 0.25) is 0 Å². The number of aromatic nitrogens is 2. The number of hydrogen-bond donors (Lipinski definition) is 0. The Balaban J connectivity index is 2.74. The summed E-state index contributed by atoms with van der Waals surface area (Å²) in [7, 11) is 0. The van der Waals surface area contributed by atoms with Gasteiger partial charge in [-0.2, -0.15) is 5.10 Å². The first kappa shape index (κ1) is 7.32. The fraction of sp³-hybridized carbons (Fsp3) is 0.625. The lowest BCUT2D eigenvalue weighted by Gasteiger charge is -2.07. The van der Waals surface area contributed by atoms with Gasteiger partial charge in [-0.3, -0.25) is 4.68 Å². The van der Waals surface area contributed by atoms with Gasteiger partial charge in [-0.15, -0.1) is 0 Å². The number of hydrogen-bond acceptors (Lipinski definition) is 1. The zero-order valence-electron chi connectivity index (χ0n) is 6.83. The second kappa shape index (κ2) is 2.86. The lowest BCUT2D eigenvalue weighted by atomic mass is 10.3. The maximum Gasteiger partial charge on any atom is 0.0519 e. The van der Waals surface area contributed by atoms with Gasteiger partial charge in [0.25, 0.3) is 0 Å². The van der Waals surface area contributed by atoms with E-state index in [1.165, 1.54) is 5.56 Å². The first-order chi connectivity index (χ1) is 4.74. The Hall–Kier alpha value is -0.790. The second-order valence-electron chi connectivity index (χ2n) is 2.75. The van der Waals surface area contributed by atoms with Crippen LogP contribution in [0.1, 0.15) is 31.9 Å².